The van der Waals surface area contributed by atoms with Gasteiger partial charge in [-0.1, -0.05) is 42.5 Å². The first-order valence-electron chi connectivity index (χ1n) is 9.75. The first-order valence-corrected chi connectivity index (χ1v) is 9.75. The van der Waals surface area contributed by atoms with E-state index >= 15 is 0 Å². The van der Waals surface area contributed by atoms with Crippen LogP contribution in [0, 0.1) is 0 Å². The first-order chi connectivity index (χ1) is 15.6. The van der Waals surface area contributed by atoms with Gasteiger partial charge in [0.1, 0.15) is 12.2 Å². The molecule has 1 aliphatic heterocycles. The molecule has 11 nitrogen and oxygen atoms in total. The lowest BCUT2D eigenvalue weighted by Crippen LogP contribution is -2.45. The maximum atomic E-state index is 13.9. The molecule has 0 bridgehead atoms. The molecule has 0 radical (unpaired) electrons. The zero-order chi connectivity index (χ0) is 24.2. The highest BCUT2D eigenvalue weighted by molar-refractivity contribution is 5.85. The van der Waals surface area contributed by atoms with Crippen LogP contribution < -0.4 is 16.6 Å². The molecule has 0 unspecified atom stereocenters. The molecule has 1 saturated heterocycles. The molecule has 4 rings (SSSR count). The average molecular weight is 463 g/mol. The van der Waals surface area contributed by atoms with Crippen LogP contribution in [0.2, 0.25) is 0 Å². The second kappa shape index (κ2) is 9.92. The van der Waals surface area contributed by atoms with E-state index in [9.17, 15) is 29.0 Å². The summed E-state index contributed by atoms with van der Waals surface area (Å²) in [6.45, 7) is -0.390. The topological polar surface area (TPSA) is 174 Å². The van der Waals surface area contributed by atoms with Crippen molar-refractivity contribution in [3.8, 4) is 0 Å². The Labute approximate surface area is 185 Å². The Balaban J connectivity index is 0.000000189. The van der Waals surface area contributed by atoms with E-state index in [1.54, 1.807) is 0 Å². The highest BCUT2D eigenvalue weighted by Gasteiger charge is 2.57. The molecule has 1 aliphatic rings. The third-order valence-electron chi connectivity index (χ3n) is 5.01. The fraction of sp³-hybridized carbons (Fsp3) is 0.286. The van der Waals surface area contributed by atoms with Crippen molar-refractivity contribution in [2.75, 3.05) is 6.61 Å². The molecule has 0 saturated carbocycles. The van der Waals surface area contributed by atoms with Gasteiger partial charge in [0.25, 0.3) is 11.4 Å². The summed E-state index contributed by atoms with van der Waals surface area (Å²) in [5, 5.41) is 40.8. The monoisotopic (exact) mass is 463 g/mol. The zero-order valence-corrected chi connectivity index (χ0v) is 17.1. The van der Waals surface area contributed by atoms with Crippen LogP contribution in [0.3, 0.4) is 0 Å². The lowest BCUT2D eigenvalue weighted by atomic mass is 10.0. The molecular weight excluding hydrogens is 441 g/mol. The molecule has 2 aromatic carbocycles. The summed E-state index contributed by atoms with van der Waals surface area (Å²) in [5.74, 6) is -3.25. The highest BCUT2D eigenvalue weighted by atomic mass is 19.2. The van der Waals surface area contributed by atoms with Crippen LogP contribution in [0.5, 0.6) is 0 Å². The number of benzene rings is 2. The van der Waals surface area contributed by atoms with Crippen molar-refractivity contribution in [3.05, 3.63) is 81.1 Å². The van der Waals surface area contributed by atoms with Gasteiger partial charge < -0.3 is 30.5 Å². The van der Waals surface area contributed by atoms with Crippen LogP contribution in [-0.2, 0) is 11.3 Å². The van der Waals surface area contributed by atoms with Crippen molar-refractivity contribution >= 4 is 16.9 Å². The number of hydrogen-bond acceptors (Lipinski definition) is 7. The van der Waals surface area contributed by atoms with Gasteiger partial charge in [-0.3, -0.25) is 14.3 Å². The third-order valence-corrected chi connectivity index (χ3v) is 5.01. The van der Waals surface area contributed by atoms with Crippen molar-refractivity contribution in [3.63, 3.8) is 0 Å². The van der Waals surface area contributed by atoms with E-state index in [4.69, 9.17) is 14.9 Å². The number of nitrogens with zero attached hydrogens (tertiary/aromatic N) is 1. The van der Waals surface area contributed by atoms with Crippen molar-refractivity contribution in [1.82, 2.24) is 14.9 Å². The zero-order valence-electron chi connectivity index (χ0n) is 17.1. The second-order valence-electron chi connectivity index (χ2n) is 7.20. The number of ether oxygens (including phenoxy) is 1. The van der Waals surface area contributed by atoms with Gasteiger partial charge in [-0.05, 0) is 16.3 Å². The fourth-order valence-electron chi connectivity index (χ4n) is 3.38. The molecule has 4 atom stereocenters. The first kappa shape index (κ1) is 24.1. The molecule has 6 N–H and O–H groups in total. The van der Waals surface area contributed by atoms with E-state index < -0.39 is 48.2 Å². The summed E-state index contributed by atoms with van der Waals surface area (Å²) >= 11 is 0. The summed E-state index contributed by atoms with van der Waals surface area (Å²) in [6, 6.07) is 14.7. The number of amides is 1. The maximum absolute atomic E-state index is 13.9. The van der Waals surface area contributed by atoms with E-state index in [0.717, 1.165) is 28.6 Å². The molecule has 1 amide bonds. The predicted octanol–water partition coefficient (Wildman–Crippen LogP) is 0.0527. The van der Waals surface area contributed by atoms with Gasteiger partial charge >= 0.3 is 11.8 Å². The Bertz CT molecular complexity index is 1240. The van der Waals surface area contributed by atoms with Crippen LogP contribution in [0.4, 0.5) is 9.18 Å². The number of aromatic amines is 1. The van der Waals surface area contributed by atoms with Gasteiger partial charge in [-0.25, -0.2) is 14.0 Å². The van der Waals surface area contributed by atoms with E-state index in [1.807, 2.05) is 47.4 Å². The Hall–Kier alpha value is -3.58. The summed E-state index contributed by atoms with van der Waals surface area (Å²) in [6.07, 6.45) is -5.31. The van der Waals surface area contributed by atoms with Gasteiger partial charge in [-0.15, -0.1) is 0 Å². The number of aliphatic hydroxyl groups excluding tert-OH is 2. The molecular formula is C21H22FN3O8. The third kappa shape index (κ3) is 5.26. The van der Waals surface area contributed by atoms with E-state index in [1.165, 1.54) is 0 Å². The quantitative estimate of drug-likeness (QED) is 0.315. The lowest BCUT2D eigenvalue weighted by Gasteiger charge is -2.23. The summed E-state index contributed by atoms with van der Waals surface area (Å²) < 4.78 is 19.3. The smallest absolute Gasteiger partial charge is 0.404 e. The molecule has 12 heteroatoms. The number of H-pyrrole nitrogens is 1. The Morgan fingerprint density at radius 3 is 2.52 bits per heavy atom. The molecule has 0 spiro atoms. The van der Waals surface area contributed by atoms with Gasteiger partial charge in [0, 0.05) is 18.8 Å². The average Bonchev–Trinajstić information content (AvgIpc) is 3.01. The number of aliphatic hydroxyl groups is 3. The van der Waals surface area contributed by atoms with E-state index in [0.29, 0.717) is 11.1 Å². The minimum absolute atomic E-state index is 0.344. The van der Waals surface area contributed by atoms with Crippen molar-refractivity contribution in [2.24, 2.45) is 0 Å². The molecule has 1 aromatic heterocycles. The Morgan fingerprint density at radius 1 is 1.18 bits per heavy atom. The van der Waals surface area contributed by atoms with Gasteiger partial charge in [0.15, 0.2) is 6.23 Å². The van der Waals surface area contributed by atoms with Crippen LogP contribution in [0.25, 0.3) is 10.8 Å². The molecule has 176 valence electrons. The predicted molar refractivity (Wildman–Crippen MR) is 113 cm³/mol. The second-order valence-corrected chi connectivity index (χ2v) is 7.20. The number of aromatic nitrogens is 2. The Morgan fingerprint density at radius 2 is 1.88 bits per heavy atom. The maximum Gasteiger partial charge on any atom is 0.404 e. The summed E-state index contributed by atoms with van der Waals surface area (Å²) in [7, 11) is 0. The lowest BCUT2D eigenvalue weighted by molar-refractivity contribution is -0.197. The highest BCUT2D eigenvalue weighted by Crippen LogP contribution is 2.38. The summed E-state index contributed by atoms with van der Waals surface area (Å²) in [4.78, 5) is 34.5. The van der Waals surface area contributed by atoms with E-state index in [2.05, 4.69) is 5.32 Å². The van der Waals surface area contributed by atoms with Crippen molar-refractivity contribution in [2.45, 2.75) is 30.8 Å². The SMILES string of the molecule is O=C(O)NCc1cccc2ccccc12.O=c1ccn([C@@H]2O[C@H](CO)[C@@H](O)[C@]2(O)F)c(=O)[nH]1. The van der Waals surface area contributed by atoms with Crippen LogP contribution in [0.15, 0.2) is 64.3 Å². The number of alkyl halides is 1. The standard InChI is InChI=1S/C12H11NO2.C9H11FN2O6/c14-12(15)13-8-10-6-3-5-9-4-1-2-7-11(9)10;10-9(17)6(15)4(3-13)18-7(9)12-2-1-5(14)11-8(12)16/h1-7,13H,8H2,(H,14,15);1-2,4,6-7,13,15,17H,3H2,(H,11,14,16)/t;4-,6-,7-,9-/m.1/s1. The number of nitrogens with one attached hydrogen (secondary N) is 2. The Kier molecular flexibility index (Phi) is 7.23. The molecule has 3 aromatic rings. The fourth-order valence-corrected chi connectivity index (χ4v) is 3.38. The van der Waals surface area contributed by atoms with Gasteiger partial charge in [-0.2, -0.15) is 0 Å². The minimum Gasteiger partial charge on any atom is -0.465 e. The largest absolute Gasteiger partial charge is 0.465 e. The number of hydrogen-bond donors (Lipinski definition) is 6. The van der Waals surface area contributed by atoms with Crippen LogP contribution >= 0.6 is 0 Å². The number of halogens is 1. The normalized spacial score (nSPS) is 24.2. The van der Waals surface area contributed by atoms with Crippen LogP contribution in [-0.4, -0.2) is 60.7 Å². The molecule has 33 heavy (non-hydrogen) atoms. The number of rotatable bonds is 4. The summed E-state index contributed by atoms with van der Waals surface area (Å²) in [5.41, 5.74) is -0.708. The molecule has 0 aliphatic carbocycles. The number of carbonyl (C=O) groups is 1. The number of carboxylic acid groups (broad SMARTS) is 1. The van der Waals surface area contributed by atoms with Gasteiger partial charge in [0.05, 0.1) is 6.61 Å². The van der Waals surface area contributed by atoms with Crippen molar-refractivity contribution < 1.29 is 34.3 Å². The molecule has 1 fully saturated rings. The van der Waals surface area contributed by atoms with Gasteiger partial charge in [0.2, 0.25) is 0 Å². The molecule has 2 heterocycles. The van der Waals surface area contributed by atoms with Crippen LogP contribution in [0.1, 0.15) is 11.8 Å². The number of fused-ring (bicyclic) bond motifs is 1. The minimum atomic E-state index is -3.25. The van der Waals surface area contributed by atoms with Crippen molar-refractivity contribution in [1.29, 1.82) is 0 Å². The van der Waals surface area contributed by atoms with E-state index in [-0.39, 0.29) is 0 Å².